The number of phenolic OH excluding ortho intramolecular Hbond substituents is 1. The molecule has 15 heteroatoms. The average molecular weight is 710 g/mol. The number of hydrogen-bond acceptors (Lipinski definition) is 9. The molecule has 2 aliphatic heterocycles. The fraction of sp³-hybridized carbons (Fsp3) is 0.294. The highest BCUT2D eigenvalue weighted by molar-refractivity contribution is 6.58. The number of benzene rings is 3. The van der Waals surface area contributed by atoms with Crippen LogP contribution in [0.15, 0.2) is 72.3 Å². The van der Waals surface area contributed by atoms with Gasteiger partial charge in [0.2, 0.25) is 11.8 Å². The van der Waals surface area contributed by atoms with Crippen molar-refractivity contribution < 1.29 is 43.1 Å². The number of ether oxygens (including phenoxy) is 2. The molecule has 0 radical (unpaired) electrons. The van der Waals surface area contributed by atoms with Crippen molar-refractivity contribution in [2.24, 2.45) is 17.8 Å². The van der Waals surface area contributed by atoms with Gasteiger partial charge < -0.3 is 14.6 Å². The molecule has 2 heterocycles. The van der Waals surface area contributed by atoms with E-state index in [0.29, 0.717) is 5.57 Å². The molecule has 7 rings (SSSR count). The van der Waals surface area contributed by atoms with Crippen molar-refractivity contribution in [3.8, 4) is 17.2 Å². The summed E-state index contributed by atoms with van der Waals surface area (Å²) < 4.78 is 25.2. The summed E-state index contributed by atoms with van der Waals surface area (Å²) in [5, 5.41) is 22.0. The van der Waals surface area contributed by atoms with E-state index in [1.807, 2.05) is 0 Å². The molecule has 3 aromatic carbocycles. The summed E-state index contributed by atoms with van der Waals surface area (Å²) in [4.78, 5) is 65.3. The van der Waals surface area contributed by atoms with E-state index in [9.17, 15) is 38.8 Å². The summed E-state index contributed by atoms with van der Waals surface area (Å²) in [6.45, 7) is 0. The van der Waals surface area contributed by atoms with Crippen LogP contribution in [0.1, 0.15) is 24.3 Å². The second-order valence-electron chi connectivity index (χ2n) is 12.3. The van der Waals surface area contributed by atoms with Gasteiger partial charge in [-0.05, 0) is 49.1 Å². The number of rotatable bonds is 6. The third kappa shape index (κ3) is 4.41. The minimum atomic E-state index is -2.28. The number of imide groups is 2. The number of non-ortho nitro benzene ring substituents is 1. The van der Waals surface area contributed by atoms with Crippen molar-refractivity contribution in [1.29, 1.82) is 0 Å². The van der Waals surface area contributed by atoms with E-state index in [-0.39, 0.29) is 52.7 Å². The standard InChI is InChI=1S/C34H26Cl2FN3O9/c1-48-24-13-20(41)14-25(49-2)27(24)28-21-10-11-22-26(30(43)38(29(22)42)18-4-3-5-19(12-18)40(46)47)23(21)15-33(35)31(44)39(32(45)34(28,33)36)17-8-6-16(37)7-9-17/h3-10,12-14,22-23,26,28,41H,11,15H2,1-2H3. The number of nitrogens with zero attached hydrogens (tertiary/aromatic N) is 3. The highest BCUT2D eigenvalue weighted by Gasteiger charge is 2.77. The molecule has 12 nitrogen and oxygen atoms in total. The summed E-state index contributed by atoms with van der Waals surface area (Å²) in [6, 6.07) is 12.3. The lowest BCUT2D eigenvalue weighted by Crippen LogP contribution is -2.60. The molecule has 1 saturated carbocycles. The number of phenols is 1. The van der Waals surface area contributed by atoms with E-state index >= 15 is 0 Å². The van der Waals surface area contributed by atoms with Crippen molar-refractivity contribution in [2.75, 3.05) is 24.0 Å². The molecule has 0 spiro atoms. The second kappa shape index (κ2) is 11.3. The van der Waals surface area contributed by atoms with Gasteiger partial charge in [-0.1, -0.05) is 17.7 Å². The largest absolute Gasteiger partial charge is 0.508 e. The number of nitro groups is 1. The van der Waals surface area contributed by atoms with Crippen LogP contribution in [0, 0.1) is 33.7 Å². The van der Waals surface area contributed by atoms with E-state index in [2.05, 4.69) is 0 Å². The predicted octanol–water partition coefficient (Wildman–Crippen LogP) is 5.22. The first kappa shape index (κ1) is 32.5. The van der Waals surface area contributed by atoms with Crippen LogP contribution in [-0.4, -0.2) is 57.6 Å². The van der Waals surface area contributed by atoms with Gasteiger partial charge in [0.25, 0.3) is 17.5 Å². The summed E-state index contributed by atoms with van der Waals surface area (Å²) in [7, 11) is 2.64. The first-order chi connectivity index (χ1) is 23.3. The molecular weight excluding hydrogens is 684 g/mol. The van der Waals surface area contributed by atoms with Crippen LogP contribution in [0.3, 0.4) is 0 Å². The SMILES string of the molecule is COc1cc(O)cc(OC)c1C1C2=CCC3C(=O)N(c4cccc([N+](=O)[O-])c4)C(=O)C3C2CC2(Cl)C(=O)N(c3ccc(F)cc3)C(=O)C12Cl. The van der Waals surface area contributed by atoms with Crippen molar-refractivity contribution >= 4 is 63.9 Å². The summed E-state index contributed by atoms with van der Waals surface area (Å²) in [5.41, 5.74) is 0.272. The minimum absolute atomic E-state index is 0.00744. The molecule has 3 aromatic rings. The van der Waals surface area contributed by atoms with E-state index in [4.69, 9.17) is 32.7 Å². The normalized spacial score (nSPS) is 29.0. The quantitative estimate of drug-likeness (QED) is 0.119. The summed E-state index contributed by atoms with van der Waals surface area (Å²) in [6.07, 6.45) is 1.37. The average Bonchev–Trinajstić information content (AvgIpc) is 3.42. The number of methoxy groups -OCH3 is 2. The predicted molar refractivity (Wildman–Crippen MR) is 173 cm³/mol. The maximum atomic E-state index is 14.6. The van der Waals surface area contributed by atoms with E-state index in [1.165, 1.54) is 56.7 Å². The Balaban J connectivity index is 1.44. The van der Waals surface area contributed by atoms with Gasteiger partial charge in [-0.15, -0.1) is 23.2 Å². The maximum absolute atomic E-state index is 14.6. The zero-order valence-electron chi connectivity index (χ0n) is 25.8. The number of halogens is 3. The number of amides is 4. The Morgan fingerprint density at radius 2 is 1.55 bits per heavy atom. The molecule has 0 bridgehead atoms. The fourth-order valence-electron chi connectivity index (χ4n) is 7.93. The first-order valence-electron chi connectivity index (χ1n) is 15.1. The van der Waals surface area contributed by atoms with Crippen LogP contribution in [0.25, 0.3) is 0 Å². The van der Waals surface area contributed by atoms with Crippen LogP contribution in [-0.2, 0) is 19.2 Å². The monoisotopic (exact) mass is 709 g/mol. The smallest absolute Gasteiger partial charge is 0.271 e. The summed E-state index contributed by atoms with van der Waals surface area (Å²) in [5.74, 6) is -8.14. The van der Waals surface area contributed by atoms with Crippen molar-refractivity contribution in [1.82, 2.24) is 0 Å². The number of fused-ring (bicyclic) bond motifs is 4. The third-order valence-corrected chi connectivity index (χ3v) is 11.4. The first-order valence-corrected chi connectivity index (χ1v) is 15.8. The van der Waals surface area contributed by atoms with Crippen molar-refractivity contribution in [3.63, 3.8) is 0 Å². The number of hydrogen-bond donors (Lipinski definition) is 1. The number of allylic oxidation sites excluding steroid dienone is 2. The Labute approximate surface area is 287 Å². The Hall–Kier alpha value is -5.01. The molecule has 2 aliphatic carbocycles. The Morgan fingerprint density at radius 1 is 0.898 bits per heavy atom. The number of carbonyl (C=O) groups excluding carboxylic acids is 4. The molecule has 3 fully saturated rings. The molecule has 4 amide bonds. The zero-order chi connectivity index (χ0) is 35.2. The van der Waals surface area contributed by atoms with Crippen LogP contribution in [0.2, 0.25) is 0 Å². The lowest BCUT2D eigenvalue weighted by molar-refractivity contribution is -0.384. The molecule has 1 N–H and O–H groups in total. The molecule has 4 aliphatic rings. The highest BCUT2D eigenvalue weighted by atomic mass is 35.5. The van der Waals surface area contributed by atoms with E-state index in [1.54, 1.807) is 6.08 Å². The van der Waals surface area contributed by atoms with Crippen LogP contribution < -0.4 is 19.3 Å². The van der Waals surface area contributed by atoms with Gasteiger partial charge in [-0.2, -0.15) is 0 Å². The summed E-state index contributed by atoms with van der Waals surface area (Å²) >= 11 is 14.8. The van der Waals surface area contributed by atoms with Gasteiger partial charge in [0.15, 0.2) is 9.75 Å². The molecule has 252 valence electrons. The lowest BCUT2D eigenvalue weighted by Gasteiger charge is -2.51. The molecule has 49 heavy (non-hydrogen) atoms. The lowest BCUT2D eigenvalue weighted by atomic mass is 9.56. The Morgan fingerprint density at radius 3 is 2.16 bits per heavy atom. The van der Waals surface area contributed by atoms with E-state index in [0.717, 1.165) is 28.0 Å². The number of carbonyl (C=O) groups is 4. The molecule has 0 aromatic heterocycles. The van der Waals surface area contributed by atoms with Crippen LogP contribution in [0.4, 0.5) is 21.5 Å². The van der Waals surface area contributed by atoms with Crippen molar-refractivity contribution in [3.05, 3.63) is 93.8 Å². The van der Waals surface area contributed by atoms with Gasteiger partial charge in [0.1, 0.15) is 23.1 Å². The van der Waals surface area contributed by atoms with Crippen LogP contribution in [0.5, 0.6) is 17.2 Å². The van der Waals surface area contributed by atoms with Gasteiger partial charge in [0.05, 0.1) is 42.4 Å². The topological polar surface area (TPSA) is 157 Å². The molecule has 2 saturated heterocycles. The van der Waals surface area contributed by atoms with Gasteiger partial charge in [-0.25, -0.2) is 14.2 Å². The van der Waals surface area contributed by atoms with Gasteiger partial charge in [0, 0.05) is 35.7 Å². The number of alkyl halides is 2. The Kier molecular flexibility index (Phi) is 7.49. The number of anilines is 2. The van der Waals surface area contributed by atoms with Crippen LogP contribution >= 0.6 is 23.2 Å². The maximum Gasteiger partial charge on any atom is 0.271 e. The molecular formula is C34H26Cl2FN3O9. The van der Waals surface area contributed by atoms with Gasteiger partial charge >= 0.3 is 0 Å². The number of nitro benzene ring substituents is 1. The third-order valence-electron chi connectivity index (χ3n) is 10.0. The fourth-order valence-corrected chi connectivity index (χ4v) is 8.84. The Bertz CT molecular complexity index is 2000. The minimum Gasteiger partial charge on any atom is -0.508 e. The van der Waals surface area contributed by atoms with Crippen molar-refractivity contribution in [2.45, 2.75) is 28.5 Å². The van der Waals surface area contributed by atoms with E-state index < -0.39 is 67.8 Å². The molecule has 6 unspecified atom stereocenters. The number of aromatic hydroxyl groups is 1. The van der Waals surface area contributed by atoms with Gasteiger partial charge in [-0.3, -0.25) is 29.3 Å². The molecule has 6 atom stereocenters. The zero-order valence-corrected chi connectivity index (χ0v) is 27.3. The second-order valence-corrected chi connectivity index (χ2v) is 13.5. The highest BCUT2D eigenvalue weighted by Crippen LogP contribution is 2.67.